The van der Waals surface area contributed by atoms with Crippen molar-refractivity contribution in [1.82, 2.24) is 9.78 Å². The number of nitrogens with zero attached hydrogens (tertiary/aromatic N) is 2. The van der Waals surface area contributed by atoms with Gasteiger partial charge in [-0.2, -0.15) is 5.10 Å². The molecule has 0 aliphatic rings. The Morgan fingerprint density at radius 3 is 2.65 bits per heavy atom. The Kier molecular flexibility index (Phi) is 6.53. The first kappa shape index (κ1) is 21.3. The number of anilines is 1. The molecular formula is C22H16Br2FN3O3. The summed E-state index contributed by atoms with van der Waals surface area (Å²) in [5.41, 5.74) is 0.497. The number of amides is 1. The van der Waals surface area contributed by atoms with E-state index in [0.29, 0.717) is 27.4 Å². The van der Waals surface area contributed by atoms with Gasteiger partial charge in [0, 0.05) is 16.2 Å². The molecule has 0 aliphatic heterocycles. The zero-order valence-corrected chi connectivity index (χ0v) is 19.2. The second-order valence-electron chi connectivity index (χ2n) is 6.58. The SMILES string of the molecule is O=C(Nc1nn(Cc2ccccc2F)cc1Br)c1ccc(COc2ccc(Br)cc2)o1. The minimum absolute atomic E-state index is 0.130. The van der Waals surface area contributed by atoms with Crippen LogP contribution in [-0.4, -0.2) is 15.7 Å². The molecule has 4 aromatic rings. The Labute approximate surface area is 194 Å². The maximum Gasteiger partial charge on any atom is 0.292 e. The normalized spacial score (nSPS) is 10.8. The first-order valence-corrected chi connectivity index (χ1v) is 10.8. The van der Waals surface area contributed by atoms with E-state index < -0.39 is 5.91 Å². The summed E-state index contributed by atoms with van der Waals surface area (Å²) in [6.07, 6.45) is 1.67. The van der Waals surface area contributed by atoms with Crippen molar-refractivity contribution in [3.05, 3.63) is 98.7 Å². The molecule has 0 bridgehead atoms. The van der Waals surface area contributed by atoms with Crippen LogP contribution in [-0.2, 0) is 13.2 Å². The zero-order valence-electron chi connectivity index (χ0n) is 16.0. The average molecular weight is 549 g/mol. The van der Waals surface area contributed by atoms with Gasteiger partial charge in [-0.25, -0.2) is 4.39 Å². The molecule has 2 heterocycles. The van der Waals surface area contributed by atoms with Crippen LogP contribution < -0.4 is 10.1 Å². The van der Waals surface area contributed by atoms with Gasteiger partial charge < -0.3 is 14.5 Å². The highest BCUT2D eigenvalue weighted by Gasteiger charge is 2.16. The molecule has 1 amide bonds. The molecular weight excluding hydrogens is 533 g/mol. The number of rotatable bonds is 7. The van der Waals surface area contributed by atoms with Crippen LogP contribution >= 0.6 is 31.9 Å². The van der Waals surface area contributed by atoms with Crippen molar-refractivity contribution >= 4 is 43.6 Å². The lowest BCUT2D eigenvalue weighted by Crippen LogP contribution is -2.12. The van der Waals surface area contributed by atoms with Gasteiger partial charge in [-0.05, 0) is 58.4 Å². The molecule has 4 rings (SSSR count). The summed E-state index contributed by atoms with van der Waals surface area (Å²) in [6.45, 7) is 0.426. The molecule has 0 radical (unpaired) electrons. The summed E-state index contributed by atoms with van der Waals surface area (Å²) in [5.74, 6) is 0.877. The molecule has 0 saturated heterocycles. The van der Waals surface area contributed by atoms with Crippen LogP contribution in [0.2, 0.25) is 0 Å². The number of halogens is 3. The summed E-state index contributed by atoms with van der Waals surface area (Å²) < 4.78 is 28.1. The molecule has 2 aromatic carbocycles. The fourth-order valence-electron chi connectivity index (χ4n) is 2.80. The van der Waals surface area contributed by atoms with Crippen molar-refractivity contribution in [1.29, 1.82) is 0 Å². The van der Waals surface area contributed by atoms with Crippen LogP contribution in [0.3, 0.4) is 0 Å². The van der Waals surface area contributed by atoms with Gasteiger partial charge in [-0.3, -0.25) is 9.48 Å². The van der Waals surface area contributed by atoms with Gasteiger partial charge in [0.15, 0.2) is 11.6 Å². The predicted molar refractivity (Wildman–Crippen MR) is 121 cm³/mol. The minimum Gasteiger partial charge on any atom is -0.486 e. The lowest BCUT2D eigenvalue weighted by molar-refractivity contribution is 0.0992. The summed E-state index contributed by atoms with van der Waals surface area (Å²) in [6, 6.07) is 17.1. The van der Waals surface area contributed by atoms with Gasteiger partial charge in [-0.15, -0.1) is 0 Å². The second-order valence-corrected chi connectivity index (χ2v) is 8.35. The molecule has 2 aromatic heterocycles. The number of furan rings is 1. The number of hydrogen-bond acceptors (Lipinski definition) is 4. The highest BCUT2D eigenvalue weighted by Crippen LogP contribution is 2.23. The number of carbonyl (C=O) groups excluding carboxylic acids is 1. The number of aromatic nitrogens is 2. The maximum absolute atomic E-state index is 13.9. The van der Waals surface area contributed by atoms with Gasteiger partial charge in [0.1, 0.15) is 23.9 Å². The van der Waals surface area contributed by atoms with E-state index in [-0.39, 0.29) is 24.7 Å². The van der Waals surface area contributed by atoms with E-state index >= 15 is 0 Å². The van der Waals surface area contributed by atoms with E-state index in [9.17, 15) is 9.18 Å². The first-order valence-electron chi connectivity index (χ1n) is 9.23. The van der Waals surface area contributed by atoms with E-state index in [1.54, 1.807) is 36.5 Å². The molecule has 1 N–H and O–H groups in total. The second kappa shape index (κ2) is 9.49. The van der Waals surface area contributed by atoms with Crippen LogP contribution in [0.15, 0.2) is 80.2 Å². The predicted octanol–water partition coefficient (Wildman–Crippen LogP) is 6.02. The van der Waals surface area contributed by atoms with Gasteiger partial charge in [0.2, 0.25) is 0 Å². The van der Waals surface area contributed by atoms with Crippen molar-refractivity contribution < 1.29 is 18.3 Å². The molecule has 0 fully saturated rings. The van der Waals surface area contributed by atoms with Gasteiger partial charge in [-0.1, -0.05) is 34.1 Å². The maximum atomic E-state index is 13.9. The van der Waals surface area contributed by atoms with Crippen molar-refractivity contribution in [2.24, 2.45) is 0 Å². The standard InChI is InChI=1S/C22H16Br2FN3O3/c23-15-5-7-16(8-6-15)30-13-17-9-10-20(31-17)22(29)26-21-18(24)12-28(27-21)11-14-3-1-2-4-19(14)25/h1-10,12H,11,13H2,(H,26,27,29). The van der Waals surface area contributed by atoms with Gasteiger partial charge in [0.05, 0.1) is 11.0 Å². The fraction of sp³-hybridized carbons (Fsp3) is 0.0909. The Morgan fingerprint density at radius 2 is 1.87 bits per heavy atom. The fourth-order valence-corrected chi connectivity index (χ4v) is 3.47. The highest BCUT2D eigenvalue weighted by atomic mass is 79.9. The smallest absolute Gasteiger partial charge is 0.292 e. The Bertz CT molecular complexity index is 1200. The third kappa shape index (κ3) is 5.42. The molecule has 158 valence electrons. The van der Waals surface area contributed by atoms with Crippen molar-refractivity contribution in [3.63, 3.8) is 0 Å². The Hall–Kier alpha value is -2.91. The van der Waals surface area contributed by atoms with E-state index in [0.717, 1.165) is 4.47 Å². The average Bonchev–Trinajstić information content (AvgIpc) is 3.36. The molecule has 6 nitrogen and oxygen atoms in total. The highest BCUT2D eigenvalue weighted by molar-refractivity contribution is 9.10. The van der Waals surface area contributed by atoms with Crippen molar-refractivity contribution in [2.45, 2.75) is 13.2 Å². The molecule has 0 spiro atoms. The summed E-state index contributed by atoms with van der Waals surface area (Å²) in [4.78, 5) is 12.5. The summed E-state index contributed by atoms with van der Waals surface area (Å²) in [7, 11) is 0. The molecule has 0 unspecified atom stereocenters. The molecule has 31 heavy (non-hydrogen) atoms. The lowest BCUT2D eigenvalue weighted by Gasteiger charge is -2.04. The van der Waals surface area contributed by atoms with E-state index in [2.05, 4.69) is 42.3 Å². The van der Waals surface area contributed by atoms with Crippen LogP contribution in [0.25, 0.3) is 0 Å². The summed E-state index contributed by atoms with van der Waals surface area (Å²) in [5, 5.41) is 6.99. The molecule has 0 aliphatic carbocycles. The Morgan fingerprint density at radius 1 is 1.10 bits per heavy atom. The third-order valence-corrected chi connectivity index (χ3v) is 5.43. The van der Waals surface area contributed by atoms with Crippen molar-refractivity contribution in [2.75, 3.05) is 5.32 Å². The third-order valence-electron chi connectivity index (χ3n) is 4.32. The van der Waals surface area contributed by atoms with Crippen LogP contribution in [0.1, 0.15) is 21.9 Å². The van der Waals surface area contributed by atoms with Gasteiger partial charge in [0.25, 0.3) is 5.91 Å². The monoisotopic (exact) mass is 547 g/mol. The van der Waals surface area contributed by atoms with Crippen LogP contribution in [0.5, 0.6) is 5.75 Å². The van der Waals surface area contributed by atoms with E-state index in [1.165, 1.54) is 10.7 Å². The molecule has 0 atom stereocenters. The number of ether oxygens (including phenoxy) is 1. The van der Waals surface area contributed by atoms with Crippen LogP contribution in [0, 0.1) is 5.82 Å². The van der Waals surface area contributed by atoms with Crippen LogP contribution in [0.4, 0.5) is 10.2 Å². The van der Waals surface area contributed by atoms with Gasteiger partial charge >= 0.3 is 0 Å². The number of hydrogen-bond donors (Lipinski definition) is 1. The Balaban J connectivity index is 1.38. The van der Waals surface area contributed by atoms with E-state index in [1.807, 2.05) is 24.3 Å². The van der Waals surface area contributed by atoms with E-state index in [4.69, 9.17) is 9.15 Å². The molecule has 0 saturated carbocycles. The zero-order chi connectivity index (χ0) is 21.8. The number of carbonyl (C=O) groups is 1. The topological polar surface area (TPSA) is 69.3 Å². The number of benzene rings is 2. The largest absolute Gasteiger partial charge is 0.486 e. The van der Waals surface area contributed by atoms with Crippen molar-refractivity contribution in [3.8, 4) is 5.75 Å². The molecule has 9 heteroatoms. The minimum atomic E-state index is -0.452. The quantitative estimate of drug-likeness (QED) is 0.306. The summed E-state index contributed by atoms with van der Waals surface area (Å²) >= 11 is 6.73. The number of nitrogens with one attached hydrogen (secondary N) is 1. The lowest BCUT2D eigenvalue weighted by atomic mass is 10.2. The first-order chi connectivity index (χ1) is 15.0.